The molecule has 0 N–H and O–H groups in total. The Balaban J connectivity index is 5.83. The SMILES string of the molecule is B/C=C(B)/C(B)=C(B)\C(B)=C\C(/C(B)=C/Br)C(B)/C(B)=C/B. The molecule has 10 heteroatoms. The predicted molar refractivity (Wildman–Crippen MR) is 132 cm³/mol. The molecule has 0 bridgehead atoms. The molecule has 0 spiro atoms. The molecular formula is C12H24B9Br. The highest BCUT2D eigenvalue weighted by Crippen LogP contribution is 2.30. The zero-order valence-corrected chi connectivity index (χ0v) is 17.4. The minimum atomic E-state index is 0.421. The molecule has 2 atom stereocenters. The summed E-state index contributed by atoms with van der Waals surface area (Å²) in [6.07, 6.45) is 2.42. The molecule has 0 amide bonds. The van der Waals surface area contributed by atoms with Gasteiger partial charge in [0.25, 0.3) is 0 Å². The van der Waals surface area contributed by atoms with Crippen molar-refractivity contribution in [2.45, 2.75) is 5.82 Å². The first kappa shape index (κ1) is 21.8. The minimum Gasteiger partial charge on any atom is -0.134 e. The van der Waals surface area contributed by atoms with Gasteiger partial charge in [-0.25, -0.2) is 0 Å². The Hall–Kier alpha value is -0.236. The molecule has 0 saturated heterocycles. The van der Waals surface area contributed by atoms with Crippen molar-refractivity contribution in [1.82, 2.24) is 0 Å². The maximum absolute atomic E-state index is 3.51. The Labute approximate surface area is 154 Å². The van der Waals surface area contributed by atoms with Gasteiger partial charge in [0.15, 0.2) is 0 Å². The Morgan fingerprint density at radius 1 is 0.773 bits per heavy atom. The fraction of sp³-hybridized carbons (Fsp3) is 0.167. The number of allylic oxidation sites excluding steroid dienone is 7. The monoisotopic (exact) mass is 346 g/mol. The lowest BCUT2D eigenvalue weighted by Crippen LogP contribution is -2.15. The number of rotatable bonds is 6. The van der Waals surface area contributed by atoms with Gasteiger partial charge in [-0.1, -0.05) is 33.0 Å². The first-order chi connectivity index (χ1) is 10.2. The van der Waals surface area contributed by atoms with Gasteiger partial charge in [0, 0.05) is 0 Å². The van der Waals surface area contributed by atoms with E-state index in [9.17, 15) is 0 Å². The van der Waals surface area contributed by atoms with Crippen molar-refractivity contribution >= 4 is 86.5 Å². The summed E-state index contributed by atoms with van der Waals surface area (Å²) in [6.45, 7) is 0. The van der Waals surface area contributed by atoms with Gasteiger partial charge in [-0.2, -0.15) is 0 Å². The molecule has 0 aliphatic heterocycles. The number of halogens is 1. The molecule has 0 rings (SSSR count). The highest BCUT2D eigenvalue weighted by atomic mass is 79.9. The molecule has 0 radical (unpaired) electrons. The summed E-state index contributed by atoms with van der Waals surface area (Å²) in [5.74, 6) is 5.33. The topological polar surface area (TPSA) is 0 Å². The highest BCUT2D eigenvalue weighted by molar-refractivity contribution is 9.11. The average Bonchev–Trinajstić information content (AvgIpc) is 2.54. The molecule has 2 unspecified atom stereocenters. The van der Waals surface area contributed by atoms with E-state index in [-0.39, 0.29) is 0 Å². The summed E-state index contributed by atoms with van der Waals surface area (Å²) >= 11 is 3.51. The zero-order valence-electron chi connectivity index (χ0n) is 15.8. The molecular weight excluding hydrogens is 321 g/mol. The van der Waals surface area contributed by atoms with Crippen molar-refractivity contribution in [3.63, 3.8) is 0 Å². The molecule has 0 aromatic carbocycles. The van der Waals surface area contributed by atoms with Gasteiger partial charge < -0.3 is 0 Å². The fourth-order valence-corrected chi connectivity index (χ4v) is 2.80. The van der Waals surface area contributed by atoms with Crippen molar-refractivity contribution in [2.24, 2.45) is 5.92 Å². The van der Waals surface area contributed by atoms with Gasteiger partial charge in [-0.05, 0) is 16.7 Å². The third-order valence-corrected chi connectivity index (χ3v) is 5.74. The van der Waals surface area contributed by atoms with Gasteiger partial charge in [0.1, 0.15) is 70.6 Å². The van der Waals surface area contributed by atoms with Gasteiger partial charge in [-0.15, -0.1) is 33.8 Å². The maximum atomic E-state index is 3.51. The summed E-state index contributed by atoms with van der Waals surface area (Å²) in [4.78, 5) is 2.06. The Morgan fingerprint density at radius 3 is 1.68 bits per heavy atom. The van der Waals surface area contributed by atoms with Crippen LogP contribution in [0.3, 0.4) is 0 Å². The van der Waals surface area contributed by atoms with Crippen LogP contribution >= 0.6 is 15.9 Å². The van der Waals surface area contributed by atoms with Crippen molar-refractivity contribution in [3.8, 4) is 0 Å². The predicted octanol–water partition coefficient (Wildman–Crippen LogP) is -4.90. The minimum absolute atomic E-state index is 0.421. The fourth-order valence-electron chi connectivity index (χ4n) is 2.49. The van der Waals surface area contributed by atoms with E-state index in [4.69, 9.17) is 0 Å². The van der Waals surface area contributed by atoms with Crippen molar-refractivity contribution < 1.29 is 0 Å². The van der Waals surface area contributed by atoms with E-state index < -0.39 is 0 Å². The van der Waals surface area contributed by atoms with Gasteiger partial charge in [0.2, 0.25) is 0 Å². The lowest BCUT2D eigenvalue weighted by molar-refractivity contribution is 0.802. The average molecular weight is 346 g/mol. The van der Waals surface area contributed by atoms with E-state index in [1.54, 1.807) is 0 Å². The van der Waals surface area contributed by atoms with Crippen LogP contribution in [0.15, 0.2) is 55.8 Å². The molecule has 0 nitrogen and oxygen atoms in total. The number of hydrogen-bond donors (Lipinski definition) is 0. The second-order valence-corrected chi connectivity index (χ2v) is 6.73. The van der Waals surface area contributed by atoms with Crippen LogP contribution in [-0.4, -0.2) is 70.6 Å². The molecule has 106 valence electrons. The molecule has 0 aromatic rings. The normalized spacial score (nSPS) is 18.6. The smallest absolute Gasteiger partial charge is 0.134 e. The van der Waals surface area contributed by atoms with Crippen molar-refractivity contribution in [2.75, 3.05) is 0 Å². The molecule has 0 aromatic heterocycles. The van der Waals surface area contributed by atoms with Crippen LogP contribution in [0.4, 0.5) is 0 Å². The Bertz CT molecular complexity index is 545. The largest absolute Gasteiger partial charge is 0.138 e. The van der Waals surface area contributed by atoms with Crippen molar-refractivity contribution in [1.29, 1.82) is 0 Å². The third-order valence-electron chi connectivity index (χ3n) is 5.02. The van der Waals surface area contributed by atoms with E-state index in [1.807, 2.05) is 0 Å². The first-order valence-electron chi connectivity index (χ1n) is 8.10. The third kappa shape index (κ3) is 6.10. The summed E-state index contributed by atoms with van der Waals surface area (Å²) in [6, 6.07) is 0. The molecule has 0 heterocycles. The van der Waals surface area contributed by atoms with Crippen LogP contribution in [-0.2, 0) is 0 Å². The van der Waals surface area contributed by atoms with Crippen LogP contribution in [0.5, 0.6) is 0 Å². The van der Waals surface area contributed by atoms with Gasteiger partial charge >= 0.3 is 0 Å². The summed E-state index contributed by atoms with van der Waals surface area (Å²) in [5, 5.41) is 0. The highest BCUT2D eigenvalue weighted by Gasteiger charge is 2.17. The summed E-state index contributed by atoms with van der Waals surface area (Å²) < 4.78 is 0. The number of hydrogen-bond acceptors (Lipinski definition) is 0. The van der Waals surface area contributed by atoms with E-state index in [1.165, 1.54) is 32.8 Å². The van der Waals surface area contributed by atoms with Crippen LogP contribution < -0.4 is 0 Å². The van der Waals surface area contributed by atoms with Crippen LogP contribution in [0, 0.1) is 5.92 Å². The maximum Gasteiger partial charge on any atom is 0.138 e. The lowest BCUT2D eigenvalue weighted by atomic mass is 9.58. The van der Waals surface area contributed by atoms with Crippen LogP contribution in [0.25, 0.3) is 0 Å². The summed E-state index contributed by atoms with van der Waals surface area (Å²) in [5.41, 5.74) is 8.28. The Morgan fingerprint density at radius 2 is 1.27 bits per heavy atom. The van der Waals surface area contributed by atoms with Crippen molar-refractivity contribution in [3.05, 3.63) is 55.8 Å². The zero-order chi connectivity index (χ0) is 17.4. The van der Waals surface area contributed by atoms with Gasteiger partial charge in [0.05, 0.1) is 0 Å². The Kier molecular flexibility index (Phi) is 10.4. The van der Waals surface area contributed by atoms with E-state index in [2.05, 4.69) is 110 Å². The molecule has 0 aliphatic rings. The van der Waals surface area contributed by atoms with Crippen LogP contribution in [0.1, 0.15) is 0 Å². The van der Waals surface area contributed by atoms with E-state index >= 15 is 0 Å². The molecule has 0 aliphatic carbocycles. The van der Waals surface area contributed by atoms with Crippen LogP contribution in [0.2, 0.25) is 5.82 Å². The van der Waals surface area contributed by atoms with Gasteiger partial charge in [-0.3, -0.25) is 0 Å². The molecule has 22 heavy (non-hydrogen) atoms. The second-order valence-electron chi connectivity index (χ2n) is 6.27. The lowest BCUT2D eigenvalue weighted by Gasteiger charge is -2.25. The molecule has 0 fully saturated rings. The standard InChI is InChI=1S/C12H24B9Br/c13-2-7(16)10(19)5(9(18)4-22)1-6(15)11(20)12(21)8(17)3-14/h1-5,10H,13-21H2/b6-1-,7-2-,8-3-,9-4-,12-11-. The summed E-state index contributed by atoms with van der Waals surface area (Å²) in [7, 11) is 19.8. The second kappa shape index (κ2) is 10.5. The van der Waals surface area contributed by atoms with E-state index in [0.717, 1.165) is 0 Å². The first-order valence-corrected chi connectivity index (χ1v) is 9.01. The quantitative estimate of drug-likeness (QED) is 0.335. The molecule has 0 saturated carbocycles. The van der Waals surface area contributed by atoms with E-state index in [0.29, 0.717) is 11.7 Å².